The summed E-state index contributed by atoms with van der Waals surface area (Å²) in [6.07, 6.45) is 3.37. The number of carbonyl (C=O) groups is 2. The van der Waals surface area contributed by atoms with Crippen LogP contribution in [0.4, 0.5) is 5.69 Å². The van der Waals surface area contributed by atoms with Crippen LogP contribution in [0.2, 0.25) is 0 Å². The quantitative estimate of drug-likeness (QED) is 0.0601. The smallest absolute Gasteiger partial charge is 0.243 e. The fourth-order valence-electron chi connectivity index (χ4n) is 6.20. The molecule has 2 amide bonds. The number of rotatable bonds is 15. The molecule has 48 heavy (non-hydrogen) atoms. The lowest BCUT2D eigenvalue weighted by atomic mass is 9.98. The van der Waals surface area contributed by atoms with Crippen LogP contribution in [0.25, 0.3) is 10.8 Å². The number of ether oxygens (including phenoxy) is 2. The van der Waals surface area contributed by atoms with Crippen molar-refractivity contribution >= 4 is 28.3 Å². The predicted molar refractivity (Wildman–Crippen MR) is 186 cm³/mol. The molecule has 9 heteroatoms. The molecule has 4 atom stereocenters. The topological polar surface area (TPSA) is 120 Å². The maximum Gasteiger partial charge on any atom is 0.243 e. The first kappa shape index (κ1) is 35.2. The van der Waals surface area contributed by atoms with Crippen LogP contribution >= 0.6 is 0 Å². The molecule has 4 unspecified atom stereocenters. The molecule has 0 spiro atoms. The third kappa shape index (κ3) is 9.71. The number of aliphatic hydroxyl groups is 1. The maximum atomic E-state index is 12.7. The summed E-state index contributed by atoms with van der Waals surface area (Å²) < 4.78 is 13.2. The first-order valence-corrected chi connectivity index (χ1v) is 16.8. The molecule has 1 aliphatic rings. The Morgan fingerprint density at radius 2 is 1.56 bits per heavy atom. The lowest BCUT2D eigenvalue weighted by Gasteiger charge is -2.39. The zero-order chi connectivity index (χ0) is 33.9. The highest BCUT2D eigenvalue weighted by molar-refractivity contribution is 5.90. The number of amides is 2. The SMILES string of the molecule is CC(c1ccc2ccccc2c1)N(C)CC1CC(c2ccc(CO)cc2)OC(c2cccc(NC(=O)CCCCCCC(=O)NO)c2)O1. The molecule has 0 saturated carbocycles. The van der Waals surface area contributed by atoms with Gasteiger partial charge in [0.15, 0.2) is 6.29 Å². The first-order valence-electron chi connectivity index (χ1n) is 16.8. The van der Waals surface area contributed by atoms with Gasteiger partial charge in [-0.2, -0.15) is 0 Å². The Kier molecular flexibility index (Phi) is 12.7. The van der Waals surface area contributed by atoms with Gasteiger partial charge in [-0.05, 0) is 72.5 Å². The van der Waals surface area contributed by atoms with Crippen molar-refractivity contribution in [3.63, 3.8) is 0 Å². The second-order valence-electron chi connectivity index (χ2n) is 12.7. The van der Waals surface area contributed by atoms with E-state index in [0.29, 0.717) is 37.9 Å². The maximum absolute atomic E-state index is 12.7. The number of fused-ring (bicyclic) bond motifs is 1. The third-order valence-corrected chi connectivity index (χ3v) is 9.15. The standard InChI is InChI=1S/C39H47N3O6/c1-27(31-21-20-29-10-7-8-11-32(29)22-31)42(2)25-35-24-36(30-18-16-28(26-43)17-19-30)48-39(47-35)33-12-9-13-34(23-33)40-37(44)14-5-3-4-6-15-38(45)41-46/h7-13,16-23,27,35-36,39,43,46H,3-6,14-15,24-26H2,1-2H3,(H,40,44)(H,41,45). The zero-order valence-corrected chi connectivity index (χ0v) is 27.8. The van der Waals surface area contributed by atoms with E-state index < -0.39 is 12.2 Å². The van der Waals surface area contributed by atoms with Gasteiger partial charge in [0, 0.05) is 43.1 Å². The Bertz CT molecular complexity index is 1640. The Morgan fingerprint density at radius 3 is 2.29 bits per heavy atom. The fourth-order valence-corrected chi connectivity index (χ4v) is 6.20. The molecule has 9 nitrogen and oxygen atoms in total. The summed E-state index contributed by atoms with van der Waals surface area (Å²) in [6.45, 7) is 2.90. The van der Waals surface area contributed by atoms with Gasteiger partial charge in [0.25, 0.3) is 0 Å². The fraction of sp³-hybridized carbons (Fsp3) is 0.385. The number of nitrogens with zero attached hydrogens (tertiary/aromatic N) is 1. The molecule has 1 saturated heterocycles. The van der Waals surface area contributed by atoms with E-state index >= 15 is 0 Å². The van der Waals surface area contributed by atoms with Crippen molar-refractivity contribution in [1.29, 1.82) is 0 Å². The van der Waals surface area contributed by atoms with Gasteiger partial charge in [-0.3, -0.25) is 19.7 Å². The van der Waals surface area contributed by atoms with Crippen molar-refractivity contribution in [2.45, 2.75) is 83.0 Å². The molecule has 1 fully saturated rings. The highest BCUT2D eigenvalue weighted by Gasteiger charge is 2.33. The minimum atomic E-state index is -0.636. The monoisotopic (exact) mass is 653 g/mol. The number of hydrogen-bond donors (Lipinski definition) is 4. The number of anilines is 1. The van der Waals surface area contributed by atoms with E-state index in [1.807, 2.05) is 48.5 Å². The number of carbonyl (C=O) groups excluding carboxylic acids is 2. The van der Waals surface area contributed by atoms with Crippen LogP contribution in [-0.4, -0.2) is 46.7 Å². The van der Waals surface area contributed by atoms with E-state index in [9.17, 15) is 14.7 Å². The number of likely N-dealkylation sites (N-methyl/N-ethyl adjacent to an activating group) is 1. The van der Waals surface area contributed by atoms with Gasteiger partial charge in [-0.15, -0.1) is 0 Å². The Morgan fingerprint density at radius 1 is 0.833 bits per heavy atom. The molecule has 0 radical (unpaired) electrons. The molecular weight excluding hydrogens is 606 g/mol. The van der Waals surface area contributed by atoms with Crippen LogP contribution in [0.15, 0.2) is 91.0 Å². The van der Waals surface area contributed by atoms with Crippen LogP contribution in [-0.2, 0) is 25.7 Å². The van der Waals surface area contributed by atoms with E-state index in [1.54, 1.807) is 5.48 Å². The number of unbranched alkanes of at least 4 members (excludes halogenated alkanes) is 3. The first-order chi connectivity index (χ1) is 23.3. The minimum Gasteiger partial charge on any atom is -0.392 e. The van der Waals surface area contributed by atoms with Crippen molar-refractivity contribution in [2.24, 2.45) is 0 Å². The van der Waals surface area contributed by atoms with Crippen molar-refractivity contribution < 1.29 is 29.4 Å². The third-order valence-electron chi connectivity index (χ3n) is 9.15. The van der Waals surface area contributed by atoms with Crippen LogP contribution in [0, 0.1) is 0 Å². The minimum absolute atomic E-state index is 0.0144. The number of benzene rings is 4. The molecule has 0 aliphatic carbocycles. The number of hydroxylamine groups is 1. The average molecular weight is 654 g/mol. The normalized spacial score (nSPS) is 18.5. The Labute approximate surface area is 282 Å². The summed E-state index contributed by atoms with van der Waals surface area (Å²) in [5, 5.41) is 23.6. The molecule has 0 aromatic heterocycles. The van der Waals surface area contributed by atoms with Gasteiger partial charge < -0.3 is 19.9 Å². The molecule has 0 bridgehead atoms. The van der Waals surface area contributed by atoms with Crippen LogP contribution < -0.4 is 10.8 Å². The van der Waals surface area contributed by atoms with E-state index in [4.69, 9.17) is 14.7 Å². The Balaban J connectivity index is 1.25. The molecule has 4 aromatic rings. The lowest BCUT2D eigenvalue weighted by Crippen LogP contribution is -2.38. The number of nitrogens with one attached hydrogen (secondary N) is 2. The molecule has 4 aromatic carbocycles. The van der Waals surface area contributed by atoms with Gasteiger partial charge in [0.2, 0.25) is 11.8 Å². The highest BCUT2D eigenvalue weighted by atomic mass is 16.7. The summed E-state index contributed by atoms with van der Waals surface area (Å²) in [4.78, 5) is 26.2. The highest BCUT2D eigenvalue weighted by Crippen LogP contribution is 2.39. The van der Waals surface area contributed by atoms with Crippen molar-refractivity contribution in [2.75, 3.05) is 18.9 Å². The van der Waals surface area contributed by atoms with E-state index in [1.165, 1.54) is 16.3 Å². The largest absolute Gasteiger partial charge is 0.392 e. The number of aliphatic hydroxyl groups excluding tert-OH is 1. The van der Waals surface area contributed by atoms with Gasteiger partial charge in [0.05, 0.1) is 18.8 Å². The van der Waals surface area contributed by atoms with Crippen molar-refractivity contribution in [3.8, 4) is 0 Å². The molecule has 254 valence electrons. The number of hydrogen-bond acceptors (Lipinski definition) is 7. The van der Waals surface area contributed by atoms with E-state index in [0.717, 1.165) is 29.5 Å². The summed E-state index contributed by atoms with van der Waals surface area (Å²) in [5.41, 5.74) is 6.25. The van der Waals surface area contributed by atoms with E-state index in [-0.39, 0.29) is 37.2 Å². The molecule has 5 rings (SSSR count). The molecule has 4 N–H and O–H groups in total. The summed E-state index contributed by atoms with van der Waals surface area (Å²) >= 11 is 0. The average Bonchev–Trinajstić information content (AvgIpc) is 3.12. The molecule has 1 heterocycles. The second-order valence-corrected chi connectivity index (χ2v) is 12.7. The van der Waals surface area contributed by atoms with Crippen molar-refractivity contribution in [3.05, 3.63) is 113 Å². The van der Waals surface area contributed by atoms with Gasteiger partial charge in [0.1, 0.15) is 0 Å². The van der Waals surface area contributed by atoms with Gasteiger partial charge >= 0.3 is 0 Å². The van der Waals surface area contributed by atoms with Crippen LogP contribution in [0.1, 0.15) is 92.6 Å². The summed E-state index contributed by atoms with van der Waals surface area (Å²) in [7, 11) is 2.13. The van der Waals surface area contributed by atoms with Crippen LogP contribution in [0.5, 0.6) is 0 Å². The Hall–Kier alpha value is -4.12. The van der Waals surface area contributed by atoms with Gasteiger partial charge in [-0.25, -0.2) is 5.48 Å². The van der Waals surface area contributed by atoms with E-state index in [2.05, 4.69) is 66.7 Å². The summed E-state index contributed by atoms with van der Waals surface area (Å²) in [5.74, 6) is -0.465. The zero-order valence-electron chi connectivity index (χ0n) is 27.8. The van der Waals surface area contributed by atoms with Crippen LogP contribution in [0.3, 0.4) is 0 Å². The van der Waals surface area contributed by atoms with Gasteiger partial charge in [-0.1, -0.05) is 85.6 Å². The second kappa shape index (κ2) is 17.3. The summed E-state index contributed by atoms with van der Waals surface area (Å²) in [6, 6.07) is 30.7. The molecule has 1 aliphatic heterocycles. The molecular formula is C39H47N3O6. The lowest BCUT2D eigenvalue weighted by molar-refractivity contribution is -0.253. The predicted octanol–water partition coefficient (Wildman–Crippen LogP) is 7.36. The van der Waals surface area contributed by atoms with Crippen molar-refractivity contribution in [1.82, 2.24) is 10.4 Å².